The minimum Gasteiger partial charge on any atom is -0.457 e. The molecule has 36 heavy (non-hydrogen) atoms. The monoisotopic (exact) mass is 490 g/mol. The molecule has 0 N–H and O–H groups in total. The molecule has 1 aliphatic heterocycles. The Hall–Kier alpha value is -4.27. The molecule has 0 spiro atoms. The van der Waals surface area contributed by atoms with Crippen molar-refractivity contribution >= 4 is 24.1 Å². The Balaban J connectivity index is 1.49. The minimum atomic E-state index is -3.83. The van der Waals surface area contributed by atoms with E-state index in [9.17, 15) is 4.57 Å². The van der Waals surface area contributed by atoms with Crippen molar-refractivity contribution < 1.29 is 18.3 Å². The SMILES string of the molecule is O=P(Oc1ccccc1)(Oc1ccccc1)C1C=C(c2ccc3ccccc3c2)Oc2ccccc21. The Morgan fingerprint density at radius 3 is 1.89 bits per heavy atom. The molecule has 1 aliphatic rings. The fraction of sp³-hybridized carbons (Fsp3) is 0.0323. The van der Waals surface area contributed by atoms with Crippen LogP contribution in [0.5, 0.6) is 17.2 Å². The lowest BCUT2D eigenvalue weighted by molar-refractivity contribution is 0.375. The third-order valence-electron chi connectivity index (χ3n) is 6.09. The fourth-order valence-electron chi connectivity index (χ4n) is 4.35. The van der Waals surface area contributed by atoms with E-state index in [-0.39, 0.29) is 0 Å². The standard InChI is InChI=1S/C31H23O4P/c32-36(34-26-13-3-1-4-14-26,35-27-15-5-2-6-16-27)31-22-30(33-29-18-10-9-17-28(29)31)25-20-19-23-11-7-8-12-24(23)21-25/h1-22,31H. The van der Waals surface area contributed by atoms with E-state index in [0.717, 1.165) is 21.9 Å². The summed E-state index contributed by atoms with van der Waals surface area (Å²) in [5.41, 5.74) is 0.945. The predicted octanol–water partition coefficient (Wildman–Crippen LogP) is 8.67. The third-order valence-corrected chi connectivity index (χ3v) is 8.13. The van der Waals surface area contributed by atoms with E-state index in [1.165, 1.54) is 0 Å². The first kappa shape index (κ1) is 22.2. The van der Waals surface area contributed by atoms with Gasteiger partial charge in [-0.1, -0.05) is 91.0 Å². The summed E-state index contributed by atoms with van der Waals surface area (Å²) in [6.45, 7) is 0. The zero-order valence-corrected chi connectivity index (χ0v) is 20.3. The highest BCUT2D eigenvalue weighted by Gasteiger charge is 2.43. The molecular formula is C31H23O4P. The Morgan fingerprint density at radius 1 is 0.611 bits per heavy atom. The molecule has 6 rings (SSSR count). The maximum atomic E-state index is 14.7. The highest BCUT2D eigenvalue weighted by molar-refractivity contribution is 7.55. The van der Waals surface area contributed by atoms with E-state index in [2.05, 4.69) is 24.3 Å². The van der Waals surface area contributed by atoms with Crippen LogP contribution >= 0.6 is 7.60 Å². The second-order valence-corrected chi connectivity index (χ2v) is 10.5. The summed E-state index contributed by atoms with van der Waals surface area (Å²) in [7, 11) is -3.83. The summed E-state index contributed by atoms with van der Waals surface area (Å²) in [6.07, 6.45) is 1.86. The molecule has 176 valence electrons. The zero-order chi connectivity index (χ0) is 24.4. The van der Waals surface area contributed by atoms with Gasteiger partial charge in [-0.2, -0.15) is 0 Å². The Kier molecular flexibility index (Phi) is 5.80. The van der Waals surface area contributed by atoms with Gasteiger partial charge in [0.1, 0.15) is 28.7 Å². The molecule has 0 bridgehead atoms. The molecule has 1 unspecified atom stereocenters. The lowest BCUT2D eigenvalue weighted by Crippen LogP contribution is -2.15. The maximum Gasteiger partial charge on any atom is 0.442 e. The number of hydrogen-bond donors (Lipinski definition) is 0. The quantitative estimate of drug-likeness (QED) is 0.223. The van der Waals surface area contributed by atoms with Crippen molar-refractivity contribution in [1.29, 1.82) is 0 Å². The highest BCUT2D eigenvalue weighted by atomic mass is 31.2. The smallest absolute Gasteiger partial charge is 0.442 e. The Labute approximate surface area is 209 Å². The van der Waals surface area contributed by atoms with Gasteiger partial charge in [-0.3, -0.25) is 0 Å². The number of rotatable bonds is 6. The van der Waals surface area contributed by atoms with Gasteiger partial charge >= 0.3 is 7.60 Å². The first-order chi connectivity index (χ1) is 17.7. The van der Waals surface area contributed by atoms with Crippen molar-refractivity contribution in [3.63, 3.8) is 0 Å². The van der Waals surface area contributed by atoms with Crippen LogP contribution in [0.4, 0.5) is 0 Å². The number of hydrogen-bond acceptors (Lipinski definition) is 4. The molecule has 0 saturated carbocycles. The molecule has 5 aromatic carbocycles. The molecule has 5 aromatic rings. The van der Waals surface area contributed by atoms with Crippen molar-refractivity contribution in [2.45, 2.75) is 5.66 Å². The Morgan fingerprint density at radius 2 is 1.19 bits per heavy atom. The van der Waals surface area contributed by atoms with E-state index in [1.54, 1.807) is 24.3 Å². The average Bonchev–Trinajstić information content (AvgIpc) is 2.93. The van der Waals surface area contributed by atoms with Crippen LogP contribution in [0.15, 0.2) is 133 Å². The van der Waals surface area contributed by atoms with E-state index in [0.29, 0.717) is 23.0 Å². The zero-order valence-electron chi connectivity index (χ0n) is 19.4. The molecule has 1 atom stereocenters. The fourth-order valence-corrected chi connectivity index (χ4v) is 6.32. The van der Waals surface area contributed by atoms with Gasteiger partial charge in [0, 0.05) is 11.1 Å². The molecule has 0 radical (unpaired) electrons. The van der Waals surface area contributed by atoms with Crippen LogP contribution in [0.2, 0.25) is 0 Å². The number of allylic oxidation sites excluding steroid dienone is 1. The first-order valence-corrected chi connectivity index (χ1v) is 13.4. The highest BCUT2D eigenvalue weighted by Crippen LogP contribution is 2.63. The summed E-state index contributed by atoms with van der Waals surface area (Å²) in [5.74, 6) is 2.18. The van der Waals surface area contributed by atoms with Gasteiger partial charge in [0.2, 0.25) is 0 Å². The van der Waals surface area contributed by atoms with Crippen LogP contribution in [0, 0.1) is 0 Å². The van der Waals surface area contributed by atoms with Crippen molar-refractivity contribution in [1.82, 2.24) is 0 Å². The summed E-state index contributed by atoms with van der Waals surface area (Å²) in [6, 6.07) is 40.2. The maximum absolute atomic E-state index is 14.7. The van der Waals surface area contributed by atoms with Gasteiger partial charge in [0.25, 0.3) is 0 Å². The normalized spacial score (nSPS) is 14.9. The summed E-state index contributed by atoms with van der Waals surface area (Å²) < 4.78 is 33.4. The molecule has 5 heteroatoms. The summed E-state index contributed by atoms with van der Waals surface area (Å²) in [5, 5.41) is 2.24. The van der Waals surface area contributed by atoms with E-state index >= 15 is 0 Å². The van der Waals surface area contributed by atoms with Crippen LogP contribution in [-0.4, -0.2) is 0 Å². The average molecular weight is 490 g/mol. The molecule has 0 aromatic heterocycles. The molecule has 1 heterocycles. The molecular weight excluding hydrogens is 467 g/mol. The number of benzene rings is 5. The van der Waals surface area contributed by atoms with Crippen molar-refractivity contribution in [3.8, 4) is 17.2 Å². The van der Waals surface area contributed by atoms with Crippen LogP contribution in [0.3, 0.4) is 0 Å². The third kappa shape index (κ3) is 4.39. The van der Waals surface area contributed by atoms with E-state index < -0.39 is 13.3 Å². The summed E-state index contributed by atoms with van der Waals surface area (Å²) in [4.78, 5) is 0. The van der Waals surface area contributed by atoms with Gasteiger partial charge in [0.05, 0.1) is 0 Å². The molecule has 0 aliphatic carbocycles. The van der Waals surface area contributed by atoms with Gasteiger partial charge in [-0.05, 0) is 53.2 Å². The van der Waals surface area contributed by atoms with Gasteiger partial charge in [-0.25, -0.2) is 4.57 Å². The second kappa shape index (κ2) is 9.41. The lowest BCUT2D eigenvalue weighted by atomic mass is 10.0. The summed E-state index contributed by atoms with van der Waals surface area (Å²) >= 11 is 0. The first-order valence-electron chi connectivity index (χ1n) is 11.7. The van der Waals surface area contributed by atoms with E-state index in [4.69, 9.17) is 13.8 Å². The molecule has 4 nitrogen and oxygen atoms in total. The number of para-hydroxylation sites is 3. The van der Waals surface area contributed by atoms with Crippen LogP contribution < -0.4 is 13.8 Å². The Bertz CT molecular complexity index is 1550. The van der Waals surface area contributed by atoms with Crippen molar-refractivity contribution in [3.05, 3.63) is 145 Å². The van der Waals surface area contributed by atoms with Gasteiger partial charge in [-0.15, -0.1) is 0 Å². The van der Waals surface area contributed by atoms with Crippen LogP contribution in [0.1, 0.15) is 16.8 Å². The van der Waals surface area contributed by atoms with Crippen LogP contribution in [-0.2, 0) is 4.57 Å². The molecule has 0 fully saturated rings. The van der Waals surface area contributed by atoms with Gasteiger partial charge in [0.15, 0.2) is 0 Å². The van der Waals surface area contributed by atoms with Crippen molar-refractivity contribution in [2.24, 2.45) is 0 Å². The van der Waals surface area contributed by atoms with E-state index in [1.807, 2.05) is 84.9 Å². The minimum absolute atomic E-state index is 0.474. The lowest BCUT2D eigenvalue weighted by Gasteiger charge is -2.30. The molecule has 0 amide bonds. The molecule has 0 saturated heterocycles. The topological polar surface area (TPSA) is 44.8 Å². The number of ether oxygens (including phenoxy) is 1. The second-order valence-electron chi connectivity index (χ2n) is 8.53. The largest absolute Gasteiger partial charge is 0.457 e. The predicted molar refractivity (Wildman–Crippen MR) is 143 cm³/mol. The van der Waals surface area contributed by atoms with Crippen LogP contribution in [0.25, 0.3) is 16.5 Å². The van der Waals surface area contributed by atoms with Crippen molar-refractivity contribution in [2.75, 3.05) is 0 Å². The van der Waals surface area contributed by atoms with Gasteiger partial charge < -0.3 is 13.8 Å². The number of fused-ring (bicyclic) bond motifs is 2.